The first-order valence-electron chi connectivity index (χ1n) is 9.17. The van der Waals surface area contributed by atoms with Gasteiger partial charge in [-0.25, -0.2) is 9.75 Å². The molecule has 1 amide bonds. The van der Waals surface area contributed by atoms with E-state index < -0.39 is 5.41 Å². The van der Waals surface area contributed by atoms with E-state index in [-0.39, 0.29) is 12.3 Å². The fourth-order valence-electron chi connectivity index (χ4n) is 3.04. The second kappa shape index (κ2) is 8.27. The number of aromatic nitrogens is 2. The Kier molecular flexibility index (Phi) is 5.96. The van der Waals surface area contributed by atoms with Gasteiger partial charge in [0.2, 0.25) is 5.91 Å². The number of rotatable bonds is 6. The van der Waals surface area contributed by atoms with Crippen LogP contribution in [0.4, 0.5) is 0 Å². The Morgan fingerprint density at radius 2 is 1.79 bits per heavy atom. The SMILES string of the molecule is COc1ccc(-n2nc(C(C)(C)CC(=O)N(C)O)cc2-c2ccc(Cl)cc2)cc1. The van der Waals surface area contributed by atoms with Crippen LogP contribution in [0.15, 0.2) is 54.6 Å². The van der Waals surface area contributed by atoms with Gasteiger partial charge in [-0.3, -0.25) is 10.0 Å². The van der Waals surface area contributed by atoms with Crippen LogP contribution < -0.4 is 4.74 Å². The summed E-state index contributed by atoms with van der Waals surface area (Å²) in [7, 11) is 2.95. The molecule has 0 spiro atoms. The molecule has 29 heavy (non-hydrogen) atoms. The molecule has 3 rings (SSSR count). The Morgan fingerprint density at radius 3 is 2.34 bits per heavy atom. The van der Waals surface area contributed by atoms with Crippen LogP contribution in [0.2, 0.25) is 5.02 Å². The molecular weight excluding hydrogens is 390 g/mol. The lowest BCUT2D eigenvalue weighted by molar-refractivity contribution is -0.160. The molecule has 0 unspecified atom stereocenters. The van der Waals surface area contributed by atoms with Crippen LogP contribution in [0.5, 0.6) is 5.75 Å². The number of amides is 1. The van der Waals surface area contributed by atoms with Gasteiger partial charge in [0.1, 0.15) is 5.75 Å². The van der Waals surface area contributed by atoms with E-state index >= 15 is 0 Å². The molecule has 1 aromatic heterocycles. The molecule has 0 aliphatic carbocycles. The highest BCUT2D eigenvalue weighted by Crippen LogP contribution is 2.33. The van der Waals surface area contributed by atoms with Gasteiger partial charge in [-0.15, -0.1) is 0 Å². The van der Waals surface area contributed by atoms with Crippen molar-refractivity contribution in [1.29, 1.82) is 0 Å². The normalized spacial score (nSPS) is 11.4. The highest BCUT2D eigenvalue weighted by atomic mass is 35.5. The van der Waals surface area contributed by atoms with Gasteiger partial charge in [0.05, 0.1) is 24.2 Å². The average Bonchev–Trinajstić information content (AvgIpc) is 3.14. The zero-order chi connectivity index (χ0) is 21.2. The molecule has 3 aromatic rings. The summed E-state index contributed by atoms with van der Waals surface area (Å²) < 4.78 is 7.09. The molecule has 0 saturated heterocycles. The predicted octanol–water partition coefficient (Wildman–Crippen LogP) is 4.72. The zero-order valence-corrected chi connectivity index (χ0v) is 17.6. The molecule has 0 aliphatic rings. The Balaban J connectivity index is 2.10. The number of ether oxygens (including phenoxy) is 1. The second-order valence-corrected chi connectivity index (χ2v) is 7.95. The Hall–Kier alpha value is -2.83. The maximum Gasteiger partial charge on any atom is 0.246 e. The van der Waals surface area contributed by atoms with Gasteiger partial charge in [-0.1, -0.05) is 37.6 Å². The van der Waals surface area contributed by atoms with E-state index in [4.69, 9.17) is 21.4 Å². The molecule has 1 N–H and O–H groups in total. The monoisotopic (exact) mass is 413 g/mol. The quantitative estimate of drug-likeness (QED) is 0.469. The fourth-order valence-corrected chi connectivity index (χ4v) is 3.17. The van der Waals surface area contributed by atoms with Crippen molar-refractivity contribution in [2.45, 2.75) is 25.7 Å². The number of carbonyl (C=O) groups is 1. The number of benzene rings is 2. The summed E-state index contributed by atoms with van der Waals surface area (Å²) in [6, 6.07) is 17.1. The number of hydroxylamine groups is 2. The smallest absolute Gasteiger partial charge is 0.246 e. The Bertz CT molecular complexity index is 993. The minimum absolute atomic E-state index is 0.125. The van der Waals surface area contributed by atoms with E-state index in [1.54, 1.807) is 7.11 Å². The lowest BCUT2D eigenvalue weighted by atomic mass is 9.85. The van der Waals surface area contributed by atoms with Gasteiger partial charge < -0.3 is 4.74 Å². The molecule has 0 saturated carbocycles. The maximum atomic E-state index is 12.1. The minimum Gasteiger partial charge on any atom is -0.497 e. The summed E-state index contributed by atoms with van der Waals surface area (Å²) in [6.45, 7) is 3.86. The van der Waals surface area contributed by atoms with Crippen LogP contribution in [0.25, 0.3) is 16.9 Å². The predicted molar refractivity (Wildman–Crippen MR) is 113 cm³/mol. The van der Waals surface area contributed by atoms with Crippen molar-refractivity contribution in [2.75, 3.05) is 14.2 Å². The summed E-state index contributed by atoms with van der Waals surface area (Å²) >= 11 is 6.05. The molecule has 0 fully saturated rings. The van der Waals surface area contributed by atoms with Gasteiger partial charge >= 0.3 is 0 Å². The largest absolute Gasteiger partial charge is 0.497 e. The molecule has 152 valence electrons. The summed E-state index contributed by atoms with van der Waals surface area (Å²) in [6.07, 6.45) is 0.125. The topological polar surface area (TPSA) is 67.6 Å². The van der Waals surface area contributed by atoms with Crippen LogP contribution in [-0.4, -0.2) is 40.1 Å². The number of methoxy groups -OCH3 is 1. The second-order valence-electron chi connectivity index (χ2n) is 7.51. The van der Waals surface area contributed by atoms with E-state index in [9.17, 15) is 10.0 Å². The maximum absolute atomic E-state index is 12.1. The van der Waals surface area contributed by atoms with Gasteiger partial charge in [0, 0.05) is 29.5 Å². The first-order chi connectivity index (χ1) is 13.7. The zero-order valence-electron chi connectivity index (χ0n) is 16.9. The lowest BCUT2D eigenvalue weighted by Crippen LogP contribution is -2.31. The molecule has 0 aliphatic heterocycles. The average molecular weight is 414 g/mol. The minimum atomic E-state index is -0.576. The van der Waals surface area contributed by atoms with Crippen molar-refractivity contribution >= 4 is 17.5 Å². The van der Waals surface area contributed by atoms with Gasteiger partial charge in [-0.05, 0) is 42.5 Å². The van der Waals surface area contributed by atoms with Crippen molar-refractivity contribution in [1.82, 2.24) is 14.8 Å². The van der Waals surface area contributed by atoms with Crippen LogP contribution >= 0.6 is 11.6 Å². The van der Waals surface area contributed by atoms with Gasteiger partial charge in [0.15, 0.2) is 0 Å². The van der Waals surface area contributed by atoms with E-state index in [0.29, 0.717) is 10.1 Å². The fraction of sp³-hybridized carbons (Fsp3) is 0.273. The molecule has 1 heterocycles. The van der Waals surface area contributed by atoms with E-state index in [1.165, 1.54) is 7.05 Å². The van der Waals surface area contributed by atoms with Crippen LogP contribution in [-0.2, 0) is 10.2 Å². The molecular formula is C22H24ClN3O3. The van der Waals surface area contributed by atoms with Gasteiger partial charge in [-0.2, -0.15) is 5.10 Å². The van der Waals surface area contributed by atoms with Crippen molar-refractivity contribution in [3.8, 4) is 22.7 Å². The molecule has 0 bridgehead atoms. The van der Waals surface area contributed by atoms with Crippen molar-refractivity contribution in [2.24, 2.45) is 0 Å². The van der Waals surface area contributed by atoms with Crippen LogP contribution in [0, 0.1) is 0 Å². The van der Waals surface area contributed by atoms with Gasteiger partial charge in [0.25, 0.3) is 0 Å². The summed E-state index contributed by atoms with van der Waals surface area (Å²) in [5, 5.41) is 15.5. The summed E-state index contributed by atoms with van der Waals surface area (Å²) in [5.74, 6) is 0.383. The lowest BCUT2D eigenvalue weighted by Gasteiger charge is -2.22. The van der Waals surface area contributed by atoms with Crippen molar-refractivity contribution < 1.29 is 14.7 Å². The first kappa shape index (κ1) is 20.9. The number of nitrogens with zero attached hydrogens (tertiary/aromatic N) is 3. The number of carbonyl (C=O) groups excluding carboxylic acids is 1. The summed E-state index contributed by atoms with van der Waals surface area (Å²) in [4.78, 5) is 12.1. The van der Waals surface area contributed by atoms with Crippen molar-refractivity contribution in [3.05, 3.63) is 65.3 Å². The molecule has 7 heteroatoms. The highest BCUT2D eigenvalue weighted by molar-refractivity contribution is 6.30. The third kappa shape index (κ3) is 4.60. The molecule has 0 atom stereocenters. The highest BCUT2D eigenvalue weighted by Gasteiger charge is 2.30. The Labute approximate surface area is 175 Å². The van der Waals surface area contributed by atoms with E-state index in [2.05, 4.69) is 0 Å². The van der Waals surface area contributed by atoms with Crippen LogP contribution in [0.3, 0.4) is 0 Å². The Morgan fingerprint density at radius 1 is 1.17 bits per heavy atom. The molecule has 2 aromatic carbocycles. The third-order valence-corrected chi connectivity index (χ3v) is 5.07. The van der Waals surface area contributed by atoms with Crippen LogP contribution in [0.1, 0.15) is 26.0 Å². The number of hydrogen-bond donors (Lipinski definition) is 1. The first-order valence-corrected chi connectivity index (χ1v) is 9.55. The standard InChI is InChI=1S/C22H24ClN3O3/c1-22(2,14-21(27)25(3)28)20-13-19(15-5-7-16(23)8-6-15)26(24-20)17-9-11-18(29-4)12-10-17/h5-13,28H,14H2,1-4H3. The summed E-state index contributed by atoms with van der Waals surface area (Å²) in [5.41, 5.74) is 2.86. The van der Waals surface area contributed by atoms with Crippen molar-refractivity contribution in [3.63, 3.8) is 0 Å². The van der Waals surface area contributed by atoms with E-state index in [1.807, 2.05) is 73.1 Å². The molecule has 6 nitrogen and oxygen atoms in total. The third-order valence-electron chi connectivity index (χ3n) is 4.81. The molecule has 0 radical (unpaired) electrons. The van der Waals surface area contributed by atoms with E-state index in [0.717, 1.165) is 28.4 Å². The number of halogens is 1. The number of hydrogen-bond acceptors (Lipinski definition) is 4.